The van der Waals surface area contributed by atoms with Crippen molar-refractivity contribution in [3.05, 3.63) is 29.1 Å². The highest BCUT2D eigenvalue weighted by Crippen LogP contribution is 2.31. The molecule has 2 atom stereocenters. The first-order valence-corrected chi connectivity index (χ1v) is 7.32. The van der Waals surface area contributed by atoms with E-state index >= 15 is 0 Å². The molecule has 2 rings (SSSR count). The van der Waals surface area contributed by atoms with E-state index in [1.54, 1.807) is 20.1 Å². The zero-order valence-electron chi connectivity index (χ0n) is 12.7. The van der Waals surface area contributed by atoms with Gasteiger partial charge in [-0.1, -0.05) is 0 Å². The van der Waals surface area contributed by atoms with Crippen LogP contribution in [0.15, 0.2) is 12.1 Å². The smallest absolute Gasteiger partial charge is 0.126 e. The lowest BCUT2D eigenvalue weighted by atomic mass is 9.96. The SMILES string of the molecule is COCC1CCCN(c2cc(C)c(F)cc2C(C)N)C1. The molecule has 1 heterocycles. The van der Waals surface area contributed by atoms with Crippen molar-refractivity contribution in [3.8, 4) is 0 Å². The quantitative estimate of drug-likeness (QED) is 0.921. The fourth-order valence-corrected chi connectivity index (χ4v) is 2.98. The topological polar surface area (TPSA) is 38.5 Å². The third kappa shape index (κ3) is 3.30. The molecule has 2 N–H and O–H groups in total. The second-order valence-corrected chi connectivity index (χ2v) is 5.86. The average molecular weight is 280 g/mol. The minimum Gasteiger partial charge on any atom is -0.384 e. The number of piperidine rings is 1. The number of ether oxygens (including phenoxy) is 1. The van der Waals surface area contributed by atoms with Gasteiger partial charge in [0.05, 0.1) is 6.61 Å². The number of methoxy groups -OCH3 is 1. The third-order valence-electron chi connectivity index (χ3n) is 4.06. The zero-order chi connectivity index (χ0) is 14.7. The molecule has 4 heteroatoms. The molecule has 1 aromatic rings. The summed E-state index contributed by atoms with van der Waals surface area (Å²) in [6.07, 6.45) is 2.33. The van der Waals surface area contributed by atoms with E-state index in [2.05, 4.69) is 4.90 Å². The van der Waals surface area contributed by atoms with Crippen molar-refractivity contribution in [3.63, 3.8) is 0 Å². The first-order chi connectivity index (χ1) is 9.52. The van der Waals surface area contributed by atoms with Crippen LogP contribution in [-0.2, 0) is 4.74 Å². The van der Waals surface area contributed by atoms with E-state index in [1.807, 2.05) is 13.0 Å². The van der Waals surface area contributed by atoms with Crippen LogP contribution in [0.25, 0.3) is 0 Å². The first-order valence-electron chi connectivity index (χ1n) is 7.32. The summed E-state index contributed by atoms with van der Waals surface area (Å²) >= 11 is 0. The molecule has 1 aliphatic rings. The van der Waals surface area contributed by atoms with Gasteiger partial charge in [0.15, 0.2) is 0 Å². The summed E-state index contributed by atoms with van der Waals surface area (Å²) in [4.78, 5) is 2.33. The molecule has 0 aliphatic carbocycles. The largest absolute Gasteiger partial charge is 0.384 e. The first kappa shape index (κ1) is 15.3. The van der Waals surface area contributed by atoms with Gasteiger partial charge in [-0.2, -0.15) is 0 Å². The van der Waals surface area contributed by atoms with Gasteiger partial charge in [-0.3, -0.25) is 0 Å². The molecule has 0 aromatic heterocycles. The Kier molecular flexibility index (Phi) is 5.00. The Balaban J connectivity index is 2.28. The Morgan fingerprint density at radius 2 is 2.25 bits per heavy atom. The van der Waals surface area contributed by atoms with E-state index in [-0.39, 0.29) is 11.9 Å². The van der Waals surface area contributed by atoms with E-state index in [0.29, 0.717) is 11.5 Å². The fraction of sp³-hybridized carbons (Fsp3) is 0.625. The summed E-state index contributed by atoms with van der Waals surface area (Å²) in [6, 6.07) is 3.36. The zero-order valence-corrected chi connectivity index (χ0v) is 12.7. The van der Waals surface area contributed by atoms with Crippen molar-refractivity contribution in [2.75, 3.05) is 31.7 Å². The second-order valence-electron chi connectivity index (χ2n) is 5.86. The van der Waals surface area contributed by atoms with Crippen molar-refractivity contribution in [2.45, 2.75) is 32.7 Å². The monoisotopic (exact) mass is 280 g/mol. The van der Waals surface area contributed by atoms with Gasteiger partial charge in [0.25, 0.3) is 0 Å². The van der Waals surface area contributed by atoms with Gasteiger partial charge in [0.2, 0.25) is 0 Å². The molecule has 1 fully saturated rings. The normalized spacial score (nSPS) is 21.1. The predicted molar refractivity (Wildman–Crippen MR) is 80.6 cm³/mol. The van der Waals surface area contributed by atoms with Gasteiger partial charge in [-0.05, 0) is 55.9 Å². The molecule has 0 spiro atoms. The van der Waals surface area contributed by atoms with Crippen molar-refractivity contribution in [2.24, 2.45) is 11.7 Å². The molecule has 1 aromatic carbocycles. The minimum absolute atomic E-state index is 0.164. The van der Waals surface area contributed by atoms with Crippen LogP contribution in [0, 0.1) is 18.7 Å². The number of nitrogens with two attached hydrogens (primary N) is 1. The summed E-state index contributed by atoms with van der Waals surface area (Å²) in [5, 5.41) is 0. The van der Waals surface area contributed by atoms with Gasteiger partial charge in [0, 0.05) is 31.9 Å². The molecule has 112 valence electrons. The molecule has 0 radical (unpaired) electrons. The van der Waals surface area contributed by atoms with E-state index in [1.165, 1.54) is 6.42 Å². The fourth-order valence-electron chi connectivity index (χ4n) is 2.98. The molecule has 3 nitrogen and oxygen atoms in total. The van der Waals surface area contributed by atoms with Crippen LogP contribution in [0.4, 0.5) is 10.1 Å². The van der Waals surface area contributed by atoms with Crippen LogP contribution in [0.3, 0.4) is 0 Å². The van der Waals surface area contributed by atoms with Gasteiger partial charge < -0.3 is 15.4 Å². The number of halogens is 1. The van der Waals surface area contributed by atoms with Crippen LogP contribution in [-0.4, -0.2) is 26.8 Å². The maximum Gasteiger partial charge on any atom is 0.126 e. The molecule has 1 saturated heterocycles. The minimum atomic E-state index is -0.175. The summed E-state index contributed by atoms with van der Waals surface area (Å²) in [7, 11) is 1.74. The molecule has 2 unspecified atom stereocenters. The lowest BCUT2D eigenvalue weighted by Gasteiger charge is -2.36. The number of rotatable bonds is 4. The average Bonchev–Trinajstić information content (AvgIpc) is 2.42. The van der Waals surface area contributed by atoms with Crippen molar-refractivity contribution in [1.29, 1.82) is 0 Å². The molecular formula is C16H25FN2O. The van der Waals surface area contributed by atoms with Gasteiger partial charge in [-0.25, -0.2) is 4.39 Å². The lowest BCUT2D eigenvalue weighted by Crippen LogP contribution is -2.38. The molecule has 0 saturated carbocycles. The molecule has 20 heavy (non-hydrogen) atoms. The molecule has 0 bridgehead atoms. The van der Waals surface area contributed by atoms with Gasteiger partial charge in [-0.15, -0.1) is 0 Å². The summed E-state index contributed by atoms with van der Waals surface area (Å²) in [5.41, 5.74) is 8.67. The van der Waals surface area contributed by atoms with Crippen molar-refractivity contribution >= 4 is 5.69 Å². The van der Waals surface area contributed by atoms with Crippen LogP contribution in [0.2, 0.25) is 0 Å². The summed E-state index contributed by atoms with van der Waals surface area (Å²) in [6.45, 7) is 6.46. The van der Waals surface area contributed by atoms with Crippen molar-refractivity contribution < 1.29 is 9.13 Å². The maximum absolute atomic E-state index is 13.8. The standard InChI is InChI=1S/C16H25FN2O/c1-11-7-16(14(12(2)18)8-15(11)17)19-6-4-5-13(9-19)10-20-3/h7-8,12-13H,4-6,9-10,18H2,1-3H3. The highest BCUT2D eigenvalue weighted by atomic mass is 19.1. The molecule has 1 aliphatic heterocycles. The van der Waals surface area contributed by atoms with E-state index in [0.717, 1.165) is 37.4 Å². The van der Waals surface area contributed by atoms with Crippen LogP contribution in [0.1, 0.15) is 36.9 Å². The van der Waals surface area contributed by atoms with E-state index in [4.69, 9.17) is 10.5 Å². The molecular weight excluding hydrogens is 255 g/mol. The third-order valence-corrected chi connectivity index (χ3v) is 4.06. The Labute approximate surface area is 120 Å². The summed E-state index contributed by atoms with van der Waals surface area (Å²) < 4.78 is 19.1. The number of anilines is 1. The Morgan fingerprint density at radius 3 is 2.90 bits per heavy atom. The van der Waals surface area contributed by atoms with Gasteiger partial charge in [0.1, 0.15) is 5.82 Å². The second kappa shape index (κ2) is 6.55. The number of nitrogens with zero attached hydrogens (tertiary/aromatic N) is 1. The van der Waals surface area contributed by atoms with Crippen molar-refractivity contribution in [1.82, 2.24) is 0 Å². The lowest BCUT2D eigenvalue weighted by molar-refractivity contribution is 0.143. The Morgan fingerprint density at radius 1 is 1.50 bits per heavy atom. The maximum atomic E-state index is 13.8. The number of hydrogen-bond donors (Lipinski definition) is 1. The highest BCUT2D eigenvalue weighted by molar-refractivity contribution is 5.57. The van der Waals surface area contributed by atoms with Crippen LogP contribution in [0.5, 0.6) is 0 Å². The number of benzene rings is 1. The van der Waals surface area contributed by atoms with E-state index in [9.17, 15) is 4.39 Å². The van der Waals surface area contributed by atoms with Gasteiger partial charge >= 0.3 is 0 Å². The van der Waals surface area contributed by atoms with Crippen LogP contribution >= 0.6 is 0 Å². The number of aryl methyl sites for hydroxylation is 1. The molecule has 0 amide bonds. The summed E-state index contributed by atoms with van der Waals surface area (Å²) in [5.74, 6) is 0.367. The Hall–Kier alpha value is -1.13. The number of hydrogen-bond acceptors (Lipinski definition) is 3. The Bertz CT molecular complexity index is 460. The highest BCUT2D eigenvalue weighted by Gasteiger charge is 2.23. The van der Waals surface area contributed by atoms with E-state index < -0.39 is 0 Å². The predicted octanol–water partition coefficient (Wildman–Crippen LogP) is 3.02. The van der Waals surface area contributed by atoms with Crippen LogP contribution < -0.4 is 10.6 Å².